The van der Waals surface area contributed by atoms with Gasteiger partial charge in [0.15, 0.2) is 0 Å². The normalized spacial score (nSPS) is 26.9. The van der Waals surface area contributed by atoms with Crippen molar-refractivity contribution in [3.63, 3.8) is 0 Å². The zero-order valence-electron chi connectivity index (χ0n) is 8.73. The first-order valence-corrected chi connectivity index (χ1v) is 5.89. The molecule has 1 aromatic heterocycles. The molecule has 0 unspecified atom stereocenters. The third-order valence-electron chi connectivity index (χ3n) is 2.92. The molecule has 1 fully saturated rings. The molecule has 0 aliphatic carbocycles. The minimum atomic E-state index is -0.178. The van der Waals surface area contributed by atoms with Gasteiger partial charge in [-0.15, -0.1) is 11.3 Å². The largest absolute Gasteiger partial charge is 0.391 e. The van der Waals surface area contributed by atoms with Gasteiger partial charge in [-0.1, -0.05) is 19.9 Å². The molecular formula is C11H17NOS. The average Bonchev–Trinajstić information content (AvgIpc) is 2.62. The molecule has 3 heteroatoms. The third kappa shape index (κ3) is 2.00. The maximum atomic E-state index is 9.82. The standard InChI is InChI=1S/C11H17NOS/c1-11(2)8-12(7-10(11)13)6-9-4-3-5-14-9/h3-5,10,13H,6-8H2,1-2H3/t10-/m1/s1. The Labute approximate surface area is 89.2 Å². The lowest BCUT2D eigenvalue weighted by molar-refractivity contribution is 0.0955. The lowest BCUT2D eigenvalue weighted by Gasteiger charge is -2.20. The van der Waals surface area contributed by atoms with Crippen molar-refractivity contribution >= 4 is 11.3 Å². The van der Waals surface area contributed by atoms with Crippen molar-refractivity contribution in [1.82, 2.24) is 4.90 Å². The first-order chi connectivity index (χ1) is 6.58. The molecule has 2 nitrogen and oxygen atoms in total. The van der Waals surface area contributed by atoms with Crippen LogP contribution in [0, 0.1) is 5.41 Å². The van der Waals surface area contributed by atoms with Gasteiger partial charge in [-0.3, -0.25) is 4.90 Å². The van der Waals surface area contributed by atoms with Gasteiger partial charge in [-0.05, 0) is 11.4 Å². The van der Waals surface area contributed by atoms with Crippen LogP contribution in [0.3, 0.4) is 0 Å². The molecule has 1 atom stereocenters. The monoisotopic (exact) mass is 211 g/mol. The van der Waals surface area contributed by atoms with Crippen molar-refractivity contribution in [3.05, 3.63) is 22.4 Å². The Morgan fingerprint density at radius 3 is 2.93 bits per heavy atom. The van der Waals surface area contributed by atoms with Crippen LogP contribution in [0.15, 0.2) is 17.5 Å². The van der Waals surface area contributed by atoms with Gasteiger partial charge in [0.05, 0.1) is 6.10 Å². The first-order valence-electron chi connectivity index (χ1n) is 5.01. The zero-order chi connectivity index (χ0) is 10.2. The Morgan fingerprint density at radius 2 is 2.43 bits per heavy atom. The molecule has 14 heavy (non-hydrogen) atoms. The molecule has 2 heterocycles. The molecule has 0 amide bonds. The highest BCUT2D eigenvalue weighted by molar-refractivity contribution is 7.09. The molecule has 0 spiro atoms. The van der Waals surface area contributed by atoms with Crippen molar-refractivity contribution < 1.29 is 5.11 Å². The predicted octanol–water partition coefficient (Wildman–Crippen LogP) is 1.95. The van der Waals surface area contributed by atoms with Gasteiger partial charge in [-0.25, -0.2) is 0 Å². The molecule has 0 saturated carbocycles. The Balaban J connectivity index is 1.96. The van der Waals surface area contributed by atoms with Crippen LogP contribution in [0.25, 0.3) is 0 Å². The van der Waals surface area contributed by atoms with E-state index in [1.807, 2.05) is 0 Å². The number of nitrogens with zero attached hydrogens (tertiary/aromatic N) is 1. The average molecular weight is 211 g/mol. The Morgan fingerprint density at radius 1 is 1.64 bits per heavy atom. The van der Waals surface area contributed by atoms with E-state index in [0.717, 1.165) is 19.6 Å². The molecular weight excluding hydrogens is 194 g/mol. The van der Waals surface area contributed by atoms with Crippen LogP contribution in [0.5, 0.6) is 0 Å². The molecule has 1 aliphatic heterocycles. The summed E-state index contributed by atoms with van der Waals surface area (Å²) in [5.41, 5.74) is 0.0528. The highest BCUT2D eigenvalue weighted by Crippen LogP contribution is 2.30. The molecule has 1 aliphatic rings. The van der Waals surface area contributed by atoms with Gasteiger partial charge in [0.1, 0.15) is 0 Å². The molecule has 2 rings (SSSR count). The second kappa shape index (κ2) is 3.65. The Kier molecular flexibility index (Phi) is 2.64. The van der Waals surface area contributed by atoms with Gasteiger partial charge in [0, 0.05) is 29.9 Å². The lowest BCUT2D eigenvalue weighted by Crippen LogP contribution is -2.26. The van der Waals surface area contributed by atoms with E-state index in [9.17, 15) is 5.11 Å². The van der Waals surface area contributed by atoms with Crippen LogP contribution in [-0.4, -0.2) is 29.2 Å². The highest BCUT2D eigenvalue weighted by atomic mass is 32.1. The van der Waals surface area contributed by atoms with E-state index in [-0.39, 0.29) is 11.5 Å². The fraction of sp³-hybridized carbons (Fsp3) is 0.636. The number of β-amino-alcohol motifs (C(OH)–C–C–N with tert-alkyl or cyclic N) is 1. The van der Waals surface area contributed by atoms with E-state index < -0.39 is 0 Å². The maximum Gasteiger partial charge on any atom is 0.0730 e. The minimum Gasteiger partial charge on any atom is -0.391 e. The maximum absolute atomic E-state index is 9.82. The predicted molar refractivity (Wildman–Crippen MR) is 59.4 cm³/mol. The van der Waals surface area contributed by atoms with Crippen LogP contribution in [0.4, 0.5) is 0 Å². The van der Waals surface area contributed by atoms with E-state index >= 15 is 0 Å². The summed E-state index contributed by atoms with van der Waals surface area (Å²) in [6.45, 7) is 7.05. The van der Waals surface area contributed by atoms with Crippen LogP contribution < -0.4 is 0 Å². The number of aliphatic hydroxyl groups is 1. The molecule has 1 saturated heterocycles. The quantitative estimate of drug-likeness (QED) is 0.808. The topological polar surface area (TPSA) is 23.5 Å². The fourth-order valence-corrected chi connectivity index (χ4v) is 2.73. The Bertz CT molecular complexity index is 294. The van der Waals surface area contributed by atoms with Crippen molar-refractivity contribution in [2.75, 3.05) is 13.1 Å². The number of hydrogen-bond donors (Lipinski definition) is 1. The number of aliphatic hydroxyl groups excluding tert-OH is 1. The summed E-state index contributed by atoms with van der Waals surface area (Å²) in [5, 5.41) is 11.9. The number of likely N-dealkylation sites (tertiary alicyclic amines) is 1. The van der Waals surface area contributed by atoms with Crippen LogP contribution >= 0.6 is 11.3 Å². The molecule has 78 valence electrons. The molecule has 0 aromatic carbocycles. The van der Waals surface area contributed by atoms with Crippen LogP contribution in [0.1, 0.15) is 18.7 Å². The second-order valence-electron chi connectivity index (χ2n) is 4.75. The fourth-order valence-electron chi connectivity index (χ4n) is 1.98. The van der Waals surface area contributed by atoms with Gasteiger partial charge in [0.2, 0.25) is 0 Å². The van der Waals surface area contributed by atoms with Crippen LogP contribution in [-0.2, 0) is 6.54 Å². The van der Waals surface area contributed by atoms with E-state index in [2.05, 4.69) is 36.3 Å². The summed E-state index contributed by atoms with van der Waals surface area (Å²) in [6, 6.07) is 4.24. The van der Waals surface area contributed by atoms with Crippen molar-refractivity contribution in [2.24, 2.45) is 5.41 Å². The molecule has 1 N–H and O–H groups in total. The summed E-state index contributed by atoms with van der Waals surface area (Å²) in [5.74, 6) is 0. The summed E-state index contributed by atoms with van der Waals surface area (Å²) < 4.78 is 0. The van der Waals surface area contributed by atoms with Gasteiger partial charge in [-0.2, -0.15) is 0 Å². The SMILES string of the molecule is CC1(C)CN(Cc2cccs2)C[C@H]1O. The van der Waals surface area contributed by atoms with E-state index in [4.69, 9.17) is 0 Å². The van der Waals surface area contributed by atoms with E-state index in [1.165, 1.54) is 4.88 Å². The summed E-state index contributed by atoms with van der Waals surface area (Å²) in [7, 11) is 0. The van der Waals surface area contributed by atoms with Gasteiger partial charge < -0.3 is 5.11 Å². The van der Waals surface area contributed by atoms with E-state index in [1.54, 1.807) is 11.3 Å². The number of hydrogen-bond acceptors (Lipinski definition) is 3. The summed E-state index contributed by atoms with van der Waals surface area (Å²) in [6.07, 6.45) is -0.178. The second-order valence-corrected chi connectivity index (χ2v) is 5.79. The van der Waals surface area contributed by atoms with Crippen molar-refractivity contribution in [2.45, 2.75) is 26.5 Å². The summed E-state index contributed by atoms with van der Waals surface area (Å²) in [4.78, 5) is 3.71. The van der Waals surface area contributed by atoms with Gasteiger partial charge >= 0.3 is 0 Å². The van der Waals surface area contributed by atoms with Crippen LogP contribution in [0.2, 0.25) is 0 Å². The summed E-state index contributed by atoms with van der Waals surface area (Å²) >= 11 is 1.79. The Hall–Kier alpha value is -0.380. The lowest BCUT2D eigenvalue weighted by atomic mass is 9.90. The molecule has 0 radical (unpaired) electrons. The smallest absolute Gasteiger partial charge is 0.0730 e. The molecule has 1 aromatic rings. The highest BCUT2D eigenvalue weighted by Gasteiger charge is 2.37. The van der Waals surface area contributed by atoms with Crippen molar-refractivity contribution in [1.29, 1.82) is 0 Å². The first kappa shape index (κ1) is 10.1. The number of rotatable bonds is 2. The van der Waals surface area contributed by atoms with Crippen molar-refractivity contribution in [3.8, 4) is 0 Å². The number of thiophene rings is 1. The minimum absolute atomic E-state index is 0.0528. The van der Waals surface area contributed by atoms with Gasteiger partial charge in [0.25, 0.3) is 0 Å². The zero-order valence-corrected chi connectivity index (χ0v) is 9.55. The van der Waals surface area contributed by atoms with E-state index in [0.29, 0.717) is 0 Å². The molecule has 0 bridgehead atoms. The third-order valence-corrected chi connectivity index (χ3v) is 3.79.